The second kappa shape index (κ2) is 8.19. The van der Waals surface area contributed by atoms with Crippen molar-refractivity contribution in [3.8, 4) is 0 Å². The van der Waals surface area contributed by atoms with Gasteiger partial charge < -0.3 is 15.7 Å². The lowest BCUT2D eigenvalue weighted by molar-refractivity contribution is -0.120. The summed E-state index contributed by atoms with van der Waals surface area (Å²) in [5.74, 6) is -0.556. The van der Waals surface area contributed by atoms with E-state index in [9.17, 15) is 9.18 Å². The predicted molar refractivity (Wildman–Crippen MR) is 77.0 cm³/mol. The minimum absolute atomic E-state index is 0.0339. The smallest absolute Gasteiger partial charge is 0.234 e. The van der Waals surface area contributed by atoms with Gasteiger partial charge in [-0.2, -0.15) is 0 Å². The van der Waals surface area contributed by atoms with Crippen molar-refractivity contribution in [2.24, 2.45) is 5.92 Å². The highest BCUT2D eigenvalue weighted by molar-refractivity contribution is 6.30. The van der Waals surface area contributed by atoms with E-state index >= 15 is 0 Å². The summed E-state index contributed by atoms with van der Waals surface area (Å²) in [5.41, 5.74) is 0.341. The summed E-state index contributed by atoms with van der Waals surface area (Å²) in [6.07, 6.45) is 0. The Morgan fingerprint density at radius 2 is 2.15 bits per heavy atom. The molecule has 0 saturated heterocycles. The van der Waals surface area contributed by atoms with Crippen LogP contribution in [0.1, 0.15) is 19.4 Å². The molecule has 0 aromatic heterocycles. The molecule has 0 radical (unpaired) electrons. The molecular weight excluding hydrogens is 283 g/mol. The molecule has 0 aliphatic rings. The fraction of sp³-hybridized carbons (Fsp3) is 0.500. The van der Waals surface area contributed by atoms with E-state index in [-0.39, 0.29) is 42.6 Å². The van der Waals surface area contributed by atoms with Crippen LogP contribution in [-0.2, 0) is 11.3 Å². The van der Waals surface area contributed by atoms with Crippen LogP contribution in [0.4, 0.5) is 4.39 Å². The van der Waals surface area contributed by atoms with Crippen LogP contribution in [-0.4, -0.2) is 30.2 Å². The molecule has 1 aromatic carbocycles. The molecule has 112 valence electrons. The summed E-state index contributed by atoms with van der Waals surface area (Å²) < 4.78 is 13.6. The van der Waals surface area contributed by atoms with Gasteiger partial charge in [0, 0.05) is 18.2 Å². The van der Waals surface area contributed by atoms with E-state index < -0.39 is 5.82 Å². The summed E-state index contributed by atoms with van der Waals surface area (Å²) in [6.45, 7) is 4.03. The molecule has 6 heteroatoms. The molecule has 1 aromatic rings. The van der Waals surface area contributed by atoms with Crippen LogP contribution in [0.15, 0.2) is 18.2 Å². The summed E-state index contributed by atoms with van der Waals surface area (Å²) in [6, 6.07) is 4.52. The number of hydrogen-bond donors (Lipinski definition) is 3. The van der Waals surface area contributed by atoms with Gasteiger partial charge in [-0.15, -0.1) is 0 Å². The molecule has 0 aliphatic heterocycles. The highest BCUT2D eigenvalue weighted by Crippen LogP contribution is 2.17. The molecule has 1 amide bonds. The van der Waals surface area contributed by atoms with Gasteiger partial charge in [-0.25, -0.2) is 4.39 Å². The fourth-order valence-corrected chi connectivity index (χ4v) is 1.87. The van der Waals surface area contributed by atoms with Gasteiger partial charge in [-0.1, -0.05) is 37.6 Å². The summed E-state index contributed by atoms with van der Waals surface area (Å²) >= 11 is 5.66. The average Bonchev–Trinajstić information content (AvgIpc) is 2.40. The van der Waals surface area contributed by atoms with Gasteiger partial charge >= 0.3 is 0 Å². The van der Waals surface area contributed by atoms with Crippen molar-refractivity contribution in [1.82, 2.24) is 10.6 Å². The molecule has 0 unspecified atom stereocenters. The average molecular weight is 303 g/mol. The standard InChI is InChI=1S/C14H20ClFN2O2/c1-9(2)12(8-19)17-7-13(20)18-6-10-4-3-5-11(15)14(10)16/h3-5,9,12,17,19H,6-8H2,1-2H3,(H,18,20)/t12-/m0/s1. The number of rotatable bonds is 7. The van der Waals surface area contributed by atoms with E-state index in [1.165, 1.54) is 6.07 Å². The van der Waals surface area contributed by atoms with Gasteiger partial charge in [0.2, 0.25) is 5.91 Å². The van der Waals surface area contributed by atoms with Crippen LogP contribution < -0.4 is 10.6 Å². The summed E-state index contributed by atoms with van der Waals surface area (Å²) in [5, 5.41) is 14.7. The van der Waals surface area contributed by atoms with Crippen LogP contribution in [0, 0.1) is 11.7 Å². The minimum atomic E-state index is -0.516. The van der Waals surface area contributed by atoms with Crippen LogP contribution in [0.25, 0.3) is 0 Å². The molecular formula is C14H20ClFN2O2. The maximum absolute atomic E-state index is 13.6. The van der Waals surface area contributed by atoms with Crippen LogP contribution in [0.5, 0.6) is 0 Å². The highest BCUT2D eigenvalue weighted by Gasteiger charge is 2.13. The Labute approximate surface area is 123 Å². The number of carbonyl (C=O) groups excluding carboxylic acids is 1. The second-order valence-corrected chi connectivity index (χ2v) is 5.31. The Kier molecular flexibility index (Phi) is 6.91. The lowest BCUT2D eigenvalue weighted by Gasteiger charge is -2.19. The monoisotopic (exact) mass is 302 g/mol. The third kappa shape index (κ3) is 5.07. The van der Waals surface area contributed by atoms with E-state index in [0.717, 1.165) is 0 Å². The Morgan fingerprint density at radius 1 is 1.45 bits per heavy atom. The van der Waals surface area contributed by atoms with Crippen molar-refractivity contribution < 1.29 is 14.3 Å². The number of benzene rings is 1. The molecule has 0 bridgehead atoms. The summed E-state index contributed by atoms with van der Waals surface area (Å²) in [7, 11) is 0. The van der Waals surface area contributed by atoms with Crippen LogP contribution >= 0.6 is 11.6 Å². The maximum Gasteiger partial charge on any atom is 0.234 e. The lowest BCUT2D eigenvalue weighted by Crippen LogP contribution is -2.43. The highest BCUT2D eigenvalue weighted by atomic mass is 35.5. The number of amides is 1. The number of hydrogen-bond acceptors (Lipinski definition) is 3. The lowest BCUT2D eigenvalue weighted by atomic mass is 10.1. The summed E-state index contributed by atoms with van der Waals surface area (Å²) in [4.78, 5) is 11.6. The van der Waals surface area contributed by atoms with Crippen molar-refractivity contribution in [3.63, 3.8) is 0 Å². The van der Waals surface area contributed by atoms with Crippen LogP contribution in [0.3, 0.4) is 0 Å². The molecule has 0 heterocycles. The normalized spacial score (nSPS) is 12.5. The number of aliphatic hydroxyl groups is 1. The third-order valence-electron chi connectivity index (χ3n) is 3.03. The van der Waals surface area contributed by atoms with Gasteiger partial charge in [0.25, 0.3) is 0 Å². The first-order valence-corrected chi connectivity index (χ1v) is 6.87. The van der Waals surface area contributed by atoms with Crippen molar-refractivity contribution in [3.05, 3.63) is 34.6 Å². The van der Waals surface area contributed by atoms with E-state index in [0.29, 0.717) is 5.56 Å². The molecule has 3 N–H and O–H groups in total. The zero-order valence-corrected chi connectivity index (χ0v) is 12.4. The van der Waals surface area contributed by atoms with Gasteiger partial charge in [-0.3, -0.25) is 4.79 Å². The first kappa shape index (κ1) is 16.9. The number of carbonyl (C=O) groups is 1. The van der Waals surface area contributed by atoms with Crippen LogP contribution in [0.2, 0.25) is 5.02 Å². The zero-order valence-electron chi connectivity index (χ0n) is 11.6. The first-order chi connectivity index (χ1) is 9.45. The number of aliphatic hydroxyl groups excluding tert-OH is 1. The van der Waals surface area contributed by atoms with Crippen molar-refractivity contribution in [2.75, 3.05) is 13.2 Å². The van der Waals surface area contributed by atoms with Crippen molar-refractivity contribution in [1.29, 1.82) is 0 Å². The molecule has 0 aliphatic carbocycles. The Bertz CT molecular complexity index is 455. The van der Waals surface area contributed by atoms with E-state index in [1.807, 2.05) is 13.8 Å². The fourth-order valence-electron chi connectivity index (χ4n) is 1.68. The largest absolute Gasteiger partial charge is 0.395 e. The Hall–Kier alpha value is -1.17. The molecule has 4 nitrogen and oxygen atoms in total. The maximum atomic E-state index is 13.6. The number of halogens is 2. The molecule has 0 spiro atoms. The Morgan fingerprint density at radius 3 is 2.75 bits per heavy atom. The molecule has 1 rings (SSSR count). The van der Waals surface area contributed by atoms with Gasteiger partial charge in [0.05, 0.1) is 18.2 Å². The van der Waals surface area contributed by atoms with Gasteiger partial charge in [0.15, 0.2) is 0 Å². The van der Waals surface area contributed by atoms with E-state index in [2.05, 4.69) is 10.6 Å². The Balaban J connectivity index is 2.42. The van der Waals surface area contributed by atoms with Gasteiger partial charge in [0.1, 0.15) is 5.82 Å². The topological polar surface area (TPSA) is 61.4 Å². The third-order valence-corrected chi connectivity index (χ3v) is 3.33. The molecule has 0 fully saturated rings. The molecule has 0 saturated carbocycles. The minimum Gasteiger partial charge on any atom is -0.395 e. The molecule has 1 atom stereocenters. The van der Waals surface area contributed by atoms with E-state index in [1.54, 1.807) is 12.1 Å². The zero-order chi connectivity index (χ0) is 15.1. The van der Waals surface area contributed by atoms with Crippen molar-refractivity contribution in [2.45, 2.75) is 26.4 Å². The first-order valence-electron chi connectivity index (χ1n) is 6.49. The SMILES string of the molecule is CC(C)[C@H](CO)NCC(=O)NCc1cccc(Cl)c1F. The van der Waals surface area contributed by atoms with Gasteiger partial charge in [-0.05, 0) is 12.0 Å². The number of nitrogens with one attached hydrogen (secondary N) is 2. The second-order valence-electron chi connectivity index (χ2n) is 4.90. The van der Waals surface area contributed by atoms with Crippen molar-refractivity contribution >= 4 is 17.5 Å². The van der Waals surface area contributed by atoms with E-state index in [4.69, 9.17) is 16.7 Å². The predicted octanol–water partition coefficient (Wildman–Crippen LogP) is 1.70. The quantitative estimate of drug-likeness (QED) is 0.718. The molecule has 20 heavy (non-hydrogen) atoms.